The molecule has 1 aromatic rings. The van der Waals surface area contributed by atoms with E-state index in [1.165, 1.54) is 6.07 Å². The fraction of sp³-hybridized carbons (Fsp3) is 0.286. The molecule has 0 unspecified atom stereocenters. The van der Waals surface area contributed by atoms with Gasteiger partial charge in [-0.25, -0.2) is 13.8 Å². The minimum Gasteiger partial charge on any atom is -0.245 e. The van der Waals surface area contributed by atoms with Crippen LogP contribution in [0.25, 0.3) is 0 Å². The Morgan fingerprint density at radius 1 is 1.42 bits per heavy atom. The number of halogens is 4. The van der Waals surface area contributed by atoms with Gasteiger partial charge in [-0.2, -0.15) is 0 Å². The zero-order valence-electron chi connectivity index (χ0n) is 6.11. The van der Waals surface area contributed by atoms with Gasteiger partial charge in [-0.05, 0) is 44.8 Å². The second-order valence-electron chi connectivity index (χ2n) is 2.26. The molecule has 0 saturated heterocycles. The Kier molecular flexibility index (Phi) is 3.17. The average molecular weight is 301 g/mol. The molecule has 0 amide bonds. The van der Waals surface area contributed by atoms with Gasteiger partial charge in [0.05, 0.1) is 4.47 Å². The molecule has 0 radical (unpaired) electrons. The summed E-state index contributed by atoms with van der Waals surface area (Å²) < 4.78 is 25.4. The Balaban J connectivity index is 3.28. The predicted molar refractivity (Wildman–Crippen MR) is 49.3 cm³/mol. The Bertz CT molecular complexity index is 302. The van der Waals surface area contributed by atoms with Crippen LogP contribution in [-0.2, 0) is 0 Å². The Labute approximate surface area is 85.4 Å². The summed E-state index contributed by atoms with van der Waals surface area (Å²) in [6.45, 7) is 1.67. The van der Waals surface area contributed by atoms with Crippen LogP contribution in [-0.4, -0.2) is 4.98 Å². The van der Waals surface area contributed by atoms with Crippen LogP contribution in [0.3, 0.4) is 0 Å². The standard InChI is InChI=1S/C7H5Br2F2N/c1-3-2-4(7(10)11)5(8)6(9)12-3/h2,7H,1H3. The monoisotopic (exact) mass is 299 g/mol. The van der Waals surface area contributed by atoms with Crippen molar-refractivity contribution in [3.63, 3.8) is 0 Å². The second kappa shape index (κ2) is 3.79. The zero-order chi connectivity index (χ0) is 9.30. The summed E-state index contributed by atoms with van der Waals surface area (Å²) in [5, 5.41) is 0. The molecule has 0 spiro atoms. The summed E-state index contributed by atoms with van der Waals surface area (Å²) in [5.74, 6) is 0. The highest BCUT2D eigenvalue weighted by molar-refractivity contribution is 9.13. The fourth-order valence-corrected chi connectivity index (χ4v) is 1.69. The van der Waals surface area contributed by atoms with Crippen LogP contribution in [0.5, 0.6) is 0 Å². The van der Waals surface area contributed by atoms with Crippen LogP contribution in [0, 0.1) is 6.92 Å². The lowest BCUT2D eigenvalue weighted by Gasteiger charge is -2.05. The Hall–Kier alpha value is -0.0300. The van der Waals surface area contributed by atoms with Gasteiger partial charge in [0.15, 0.2) is 0 Å². The van der Waals surface area contributed by atoms with Gasteiger partial charge >= 0.3 is 0 Å². The van der Waals surface area contributed by atoms with Crippen LogP contribution in [0.1, 0.15) is 17.7 Å². The van der Waals surface area contributed by atoms with E-state index in [-0.39, 0.29) is 5.56 Å². The molecule has 0 aliphatic carbocycles. The third kappa shape index (κ3) is 2.01. The molecule has 0 bridgehead atoms. The van der Waals surface area contributed by atoms with Gasteiger partial charge in [-0.1, -0.05) is 0 Å². The third-order valence-corrected chi connectivity index (χ3v) is 3.25. The van der Waals surface area contributed by atoms with Crippen molar-refractivity contribution in [1.29, 1.82) is 0 Å². The summed E-state index contributed by atoms with van der Waals surface area (Å²) in [5.41, 5.74) is 0.537. The first kappa shape index (κ1) is 10.1. The highest BCUT2D eigenvalue weighted by atomic mass is 79.9. The van der Waals surface area contributed by atoms with Crippen LogP contribution < -0.4 is 0 Å². The van der Waals surface area contributed by atoms with E-state index in [1.54, 1.807) is 6.92 Å². The topological polar surface area (TPSA) is 12.9 Å². The first-order chi connectivity index (χ1) is 5.52. The van der Waals surface area contributed by atoms with Gasteiger partial charge in [0.2, 0.25) is 0 Å². The third-order valence-electron chi connectivity index (χ3n) is 1.31. The van der Waals surface area contributed by atoms with Crippen molar-refractivity contribution in [2.75, 3.05) is 0 Å². The van der Waals surface area contributed by atoms with Crippen molar-refractivity contribution >= 4 is 31.9 Å². The molecule has 0 fully saturated rings. The molecular weight excluding hydrogens is 296 g/mol. The van der Waals surface area contributed by atoms with Crippen molar-refractivity contribution in [3.05, 3.63) is 26.4 Å². The lowest BCUT2D eigenvalue weighted by atomic mass is 10.2. The fourth-order valence-electron chi connectivity index (χ4n) is 0.802. The molecule has 0 aromatic carbocycles. The average Bonchev–Trinajstić information content (AvgIpc) is 1.96. The van der Waals surface area contributed by atoms with Crippen LogP contribution in [0.4, 0.5) is 8.78 Å². The van der Waals surface area contributed by atoms with Crippen molar-refractivity contribution in [3.8, 4) is 0 Å². The van der Waals surface area contributed by atoms with Crippen LogP contribution in [0.15, 0.2) is 15.1 Å². The summed E-state index contributed by atoms with van der Waals surface area (Å²) in [4.78, 5) is 3.95. The lowest BCUT2D eigenvalue weighted by Crippen LogP contribution is -1.92. The molecule has 0 saturated carbocycles. The number of hydrogen-bond acceptors (Lipinski definition) is 1. The van der Waals surface area contributed by atoms with Crippen LogP contribution in [0.2, 0.25) is 0 Å². The Morgan fingerprint density at radius 3 is 2.50 bits per heavy atom. The number of nitrogens with zero attached hydrogens (tertiary/aromatic N) is 1. The minimum absolute atomic E-state index is 0.0330. The van der Waals surface area contributed by atoms with Crippen molar-refractivity contribution < 1.29 is 8.78 Å². The molecule has 12 heavy (non-hydrogen) atoms. The maximum Gasteiger partial charge on any atom is 0.265 e. The first-order valence-electron chi connectivity index (χ1n) is 3.13. The van der Waals surface area contributed by atoms with Gasteiger partial charge < -0.3 is 0 Å². The molecule has 0 N–H and O–H groups in total. The largest absolute Gasteiger partial charge is 0.265 e. The van der Waals surface area contributed by atoms with Gasteiger partial charge in [-0.15, -0.1) is 0 Å². The molecule has 1 nitrogen and oxygen atoms in total. The zero-order valence-corrected chi connectivity index (χ0v) is 9.29. The first-order valence-corrected chi connectivity index (χ1v) is 4.71. The van der Waals surface area contributed by atoms with E-state index in [0.717, 1.165) is 0 Å². The molecule has 66 valence electrons. The molecule has 1 aromatic heterocycles. The quantitative estimate of drug-likeness (QED) is 0.718. The maximum atomic E-state index is 12.3. The van der Waals surface area contributed by atoms with E-state index < -0.39 is 6.43 Å². The van der Waals surface area contributed by atoms with E-state index >= 15 is 0 Å². The van der Waals surface area contributed by atoms with Crippen molar-refractivity contribution in [1.82, 2.24) is 4.98 Å². The predicted octanol–water partition coefficient (Wildman–Crippen LogP) is 3.85. The SMILES string of the molecule is Cc1cc(C(F)F)c(Br)c(Br)n1. The molecule has 1 heterocycles. The number of aryl methyl sites for hydroxylation is 1. The highest BCUT2D eigenvalue weighted by Gasteiger charge is 2.14. The number of rotatable bonds is 1. The van der Waals surface area contributed by atoms with E-state index in [4.69, 9.17) is 0 Å². The smallest absolute Gasteiger partial charge is 0.245 e. The normalized spacial score (nSPS) is 10.8. The summed E-state index contributed by atoms with van der Waals surface area (Å²) in [6.07, 6.45) is -2.47. The van der Waals surface area contributed by atoms with E-state index in [2.05, 4.69) is 36.8 Å². The van der Waals surface area contributed by atoms with Crippen LogP contribution >= 0.6 is 31.9 Å². The van der Waals surface area contributed by atoms with Crippen molar-refractivity contribution in [2.45, 2.75) is 13.3 Å². The molecular formula is C7H5Br2F2N. The van der Waals surface area contributed by atoms with E-state index in [9.17, 15) is 8.78 Å². The van der Waals surface area contributed by atoms with Gasteiger partial charge in [-0.3, -0.25) is 0 Å². The van der Waals surface area contributed by atoms with Crippen molar-refractivity contribution in [2.24, 2.45) is 0 Å². The molecule has 1 rings (SSSR count). The molecule has 0 aliphatic heterocycles. The van der Waals surface area contributed by atoms with Gasteiger partial charge in [0, 0.05) is 11.3 Å². The number of pyridine rings is 1. The number of alkyl halides is 2. The minimum atomic E-state index is -2.47. The summed E-state index contributed by atoms with van der Waals surface area (Å²) in [7, 11) is 0. The van der Waals surface area contributed by atoms with Gasteiger partial charge in [0.1, 0.15) is 4.60 Å². The summed E-state index contributed by atoms with van der Waals surface area (Å²) in [6, 6.07) is 1.36. The van der Waals surface area contributed by atoms with E-state index in [1.807, 2.05) is 0 Å². The lowest BCUT2D eigenvalue weighted by molar-refractivity contribution is 0.150. The number of aromatic nitrogens is 1. The van der Waals surface area contributed by atoms with Gasteiger partial charge in [0.25, 0.3) is 6.43 Å². The summed E-state index contributed by atoms with van der Waals surface area (Å²) >= 11 is 6.10. The second-order valence-corrected chi connectivity index (χ2v) is 3.80. The Morgan fingerprint density at radius 2 is 2.00 bits per heavy atom. The highest BCUT2D eigenvalue weighted by Crippen LogP contribution is 2.32. The molecule has 0 aliphatic rings. The molecule has 0 atom stereocenters. The maximum absolute atomic E-state index is 12.3. The van der Waals surface area contributed by atoms with E-state index in [0.29, 0.717) is 14.8 Å². The number of hydrogen-bond donors (Lipinski definition) is 0. The molecule has 5 heteroatoms.